The summed E-state index contributed by atoms with van der Waals surface area (Å²) >= 11 is 0. The average Bonchev–Trinajstić information content (AvgIpc) is 3.15. The van der Waals surface area contributed by atoms with Gasteiger partial charge in [0.25, 0.3) is 0 Å². The second-order valence-corrected chi connectivity index (χ2v) is 6.12. The number of nitrogens with one attached hydrogen (secondary N) is 1. The summed E-state index contributed by atoms with van der Waals surface area (Å²) in [7, 11) is 0. The second-order valence-electron chi connectivity index (χ2n) is 6.12. The van der Waals surface area contributed by atoms with Crippen molar-refractivity contribution in [3.63, 3.8) is 0 Å². The third-order valence-corrected chi connectivity index (χ3v) is 4.40. The highest BCUT2D eigenvalue weighted by atomic mass is 16.5. The lowest BCUT2D eigenvalue weighted by molar-refractivity contribution is 0.315. The van der Waals surface area contributed by atoms with Crippen molar-refractivity contribution in [3.05, 3.63) is 40.9 Å². The molecule has 0 bridgehead atoms. The Kier molecular flexibility index (Phi) is 4.58. The van der Waals surface area contributed by atoms with Crippen LogP contribution in [0, 0.1) is 31.1 Å². The van der Waals surface area contributed by atoms with Crippen LogP contribution in [-0.2, 0) is 6.54 Å². The minimum atomic E-state index is 0.585. The van der Waals surface area contributed by atoms with Gasteiger partial charge in [0.15, 0.2) is 0 Å². The Labute approximate surface area is 136 Å². The van der Waals surface area contributed by atoms with Crippen LogP contribution in [0.15, 0.2) is 22.9 Å². The van der Waals surface area contributed by atoms with Gasteiger partial charge < -0.3 is 9.84 Å². The zero-order valence-corrected chi connectivity index (χ0v) is 13.5. The van der Waals surface area contributed by atoms with Gasteiger partial charge >= 0.3 is 0 Å². The Morgan fingerprint density at radius 1 is 1.43 bits per heavy atom. The average molecular weight is 311 g/mol. The molecule has 120 valence electrons. The fourth-order valence-electron chi connectivity index (χ4n) is 2.99. The monoisotopic (exact) mass is 311 g/mol. The Bertz CT molecular complexity index is 681. The van der Waals surface area contributed by atoms with Crippen molar-refractivity contribution in [2.75, 3.05) is 25.0 Å². The Balaban J connectivity index is 1.49. The van der Waals surface area contributed by atoms with Crippen LogP contribution in [0.5, 0.6) is 0 Å². The number of aromatic nitrogens is 2. The molecule has 0 saturated carbocycles. The molecule has 23 heavy (non-hydrogen) atoms. The van der Waals surface area contributed by atoms with Crippen LogP contribution in [-0.4, -0.2) is 34.7 Å². The first kappa shape index (κ1) is 15.5. The van der Waals surface area contributed by atoms with E-state index in [1.165, 1.54) is 12.0 Å². The van der Waals surface area contributed by atoms with Gasteiger partial charge in [-0.25, -0.2) is 4.98 Å². The molecule has 2 aromatic rings. The Hall–Kier alpha value is -2.39. The zero-order chi connectivity index (χ0) is 16.2. The molecule has 0 amide bonds. The number of pyridine rings is 1. The molecule has 2 aromatic heterocycles. The van der Waals surface area contributed by atoms with Gasteiger partial charge in [0, 0.05) is 31.4 Å². The van der Waals surface area contributed by atoms with Crippen LogP contribution in [0.2, 0.25) is 0 Å². The third kappa shape index (κ3) is 3.69. The normalized spacial score (nSPS) is 18.0. The Morgan fingerprint density at radius 3 is 2.96 bits per heavy atom. The minimum Gasteiger partial charge on any atom is -0.370 e. The van der Waals surface area contributed by atoms with E-state index in [1.54, 1.807) is 12.3 Å². The molecule has 0 aromatic carbocycles. The van der Waals surface area contributed by atoms with Crippen molar-refractivity contribution in [3.8, 4) is 6.07 Å². The van der Waals surface area contributed by atoms with E-state index in [-0.39, 0.29) is 0 Å². The first-order valence-electron chi connectivity index (χ1n) is 7.90. The maximum Gasteiger partial charge on any atom is 0.138 e. The number of anilines is 1. The number of rotatable bonds is 5. The van der Waals surface area contributed by atoms with E-state index in [0.717, 1.165) is 43.5 Å². The lowest BCUT2D eigenvalue weighted by Crippen LogP contribution is -2.23. The summed E-state index contributed by atoms with van der Waals surface area (Å²) in [6, 6.07) is 5.72. The van der Waals surface area contributed by atoms with Crippen molar-refractivity contribution in [2.45, 2.75) is 26.8 Å². The number of nitriles is 1. The van der Waals surface area contributed by atoms with Crippen molar-refractivity contribution in [2.24, 2.45) is 5.92 Å². The number of hydrogen-bond donors (Lipinski definition) is 1. The van der Waals surface area contributed by atoms with E-state index in [4.69, 9.17) is 9.78 Å². The first-order valence-corrected chi connectivity index (χ1v) is 7.90. The minimum absolute atomic E-state index is 0.585. The highest BCUT2D eigenvalue weighted by molar-refractivity contribution is 5.38. The molecular weight excluding hydrogens is 290 g/mol. The number of hydrogen-bond acceptors (Lipinski definition) is 6. The summed E-state index contributed by atoms with van der Waals surface area (Å²) in [6.45, 7) is 7.94. The van der Waals surface area contributed by atoms with E-state index in [0.29, 0.717) is 11.5 Å². The van der Waals surface area contributed by atoms with Gasteiger partial charge in [0.2, 0.25) is 0 Å². The predicted octanol–water partition coefficient (Wildman–Crippen LogP) is 2.49. The smallest absolute Gasteiger partial charge is 0.138 e. The predicted molar refractivity (Wildman–Crippen MR) is 86.8 cm³/mol. The topological polar surface area (TPSA) is 78.0 Å². The molecule has 0 unspecified atom stereocenters. The summed E-state index contributed by atoms with van der Waals surface area (Å²) < 4.78 is 5.24. The summed E-state index contributed by atoms with van der Waals surface area (Å²) in [5, 5.41) is 16.2. The van der Waals surface area contributed by atoms with Crippen LogP contribution in [0.4, 0.5) is 5.82 Å². The van der Waals surface area contributed by atoms with Crippen LogP contribution < -0.4 is 5.32 Å². The summed E-state index contributed by atoms with van der Waals surface area (Å²) in [5.74, 6) is 2.35. The van der Waals surface area contributed by atoms with Crippen LogP contribution in [0.1, 0.15) is 29.0 Å². The molecule has 3 rings (SSSR count). The molecule has 0 aliphatic carbocycles. The highest BCUT2D eigenvalue weighted by Gasteiger charge is 2.24. The lowest BCUT2D eigenvalue weighted by Gasteiger charge is -2.16. The van der Waals surface area contributed by atoms with Gasteiger partial charge in [-0.2, -0.15) is 5.26 Å². The fourth-order valence-corrected chi connectivity index (χ4v) is 2.99. The number of nitrogens with zero attached hydrogens (tertiary/aromatic N) is 4. The second kappa shape index (κ2) is 6.80. The molecule has 1 aliphatic rings. The van der Waals surface area contributed by atoms with Crippen molar-refractivity contribution < 1.29 is 4.52 Å². The summed E-state index contributed by atoms with van der Waals surface area (Å²) in [5.41, 5.74) is 2.79. The van der Waals surface area contributed by atoms with Crippen molar-refractivity contribution in [1.29, 1.82) is 5.26 Å². The lowest BCUT2D eigenvalue weighted by atomic mass is 10.1. The SMILES string of the molecule is Cc1noc(C)c1CN1CC[C@@H](CNc2ccc(C#N)cn2)C1. The van der Waals surface area contributed by atoms with Crippen molar-refractivity contribution >= 4 is 5.82 Å². The standard InChI is InChI=1S/C17H21N5O/c1-12-16(13(2)23-21-12)11-22-6-5-15(10-22)9-20-17-4-3-14(7-18)8-19-17/h3-4,8,15H,5-6,9-11H2,1-2H3,(H,19,20)/t15-/m0/s1. The van der Waals surface area contributed by atoms with Crippen LogP contribution in [0.3, 0.4) is 0 Å². The highest BCUT2D eigenvalue weighted by Crippen LogP contribution is 2.22. The number of aryl methyl sites for hydroxylation is 2. The van der Waals surface area contributed by atoms with Gasteiger partial charge in [-0.1, -0.05) is 5.16 Å². The van der Waals surface area contributed by atoms with E-state index in [9.17, 15) is 0 Å². The van der Waals surface area contributed by atoms with Crippen LogP contribution >= 0.6 is 0 Å². The molecule has 1 fully saturated rings. The van der Waals surface area contributed by atoms with Gasteiger partial charge in [0.05, 0.1) is 11.3 Å². The van der Waals surface area contributed by atoms with Gasteiger partial charge in [-0.3, -0.25) is 4.90 Å². The largest absolute Gasteiger partial charge is 0.370 e. The maximum atomic E-state index is 8.78. The molecule has 6 nitrogen and oxygen atoms in total. The molecule has 0 spiro atoms. The maximum absolute atomic E-state index is 8.78. The van der Waals surface area contributed by atoms with Crippen molar-refractivity contribution in [1.82, 2.24) is 15.0 Å². The van der Waals surface area contributed by atoms with Gasteiger partial charge in [-0.15, -0.1) is 0 Å². The fraction of sp³-hybridized carbons (Fsp3) is 0.471. The molecular formula is C17H21N5O. The molecule has 1 aliphatic heterocycles. The summed E-state index contributed by atoms with van der Waals surface area (Å²) in [6.07, 6.45) is 2.77. The third-order valence-electron chi connectivity index (χ3n) is 4.40. The van der Waals surface area contributed by atoms with E-state index in [2.05, 4.69) is 26.4 Å². The molecule has 1 saturated heterocycles. The first-order chi connectivity index (χ1) is 11.2. The van der Waals surface area contributed by atoms with E-state index >= 15 is 0 Å². The quantitative estimate of drug-likeness (QED) is 0.914. The van der Waals surface area contributed by atoms with Gasteiger partial charge in [0.1, 0.15) is 17.6 Å². The summed E-state index contributed by atoms with van der Waals surface area (Å²) in [4.78, 5) is 6.70. The molecule has 1 N–H and O–H groups in total. The Morgan fingerprint density at radius 2 is 2.30 bits per heavy atom. The van der Waals surface area contributed by atoms with Crippen LogP contribution in [0.25, 0.3) is 0 Å². The molecule has 1 atom stereocenters. The molecule has 0 radical (unpaired) electrons. The molecule has 3 heterocycles. The zero-order valence-electron chi connectivity index (χ0n) is 13.5. The molecule has 6 heteroatoms. The number of likely N-dealkylation sites (tertiary alicyclic amines) is 1. The van der Waals surface area contributed by atoms with Gasteiger partial charge in [-0.05, 0) is 44.9 Å². The van der Waals surface area contributed by atoms with E-state index < -0.39 is 0 Å². The van der Waals surface area contributed by atoms with E-state index in [1.807, 2.05) is 19.9 Å².